The minimum atomic E-state index is -4.48. The number of alkyl halides is 3. The molecular weight excluding hydrogens is 323 g/mol. The first-order valence-electron chi connectivity index (χ1n) is 7.51. The lowest BCUT2D eigenvalue weighted by atomic mass is 10.2. The number of benzene rings is 1. The highest BCUT2D eigenvalue weighted by Gasteiger charge is 2.31. The van der Waals surface area contributed by atoms with Gasteiger partial charge >= 0.3 is 6.18 Å². The van der Waals surface area contributed by atoms with Gasteiger partial charge in [0, 0.05) is 6.54 Å². The first-order chi connectivity index (χ1) is 11.3. The number of halogens is 3. The second-order valence-electron chi connectivity index (χ2n) is 5.25. The third-order valence-electron chi connectivity index (χ3n) is 3.40. The Morgan fingerprint density at radius 1 is 1.33 bits per heavy atom. The highest BCUT2D eigenvalue weighted by Crippen LogP contribution is 2.30. The fourth-order valence-corrected chi connectivity index (χ4v) is 2.12. The van der Waals surface area contributed by atoms with Gasteiger partial charge in [-0.3, -0.25) is 4.79 Å². The average molecular weight is 341 g/mol. The number of nitrogens with two attached hydrogens (primary N) is 1. The molecule has 1 heterocycles. The van der Waals surface area contributed by atoms with Crippen LogP contribution in [-0.2, 0) is 6.18 Å². The van der Waals surface area contributed by atoms with Crippen molar-refractivity contribution in [3.05, 3.63) is 35.5 Å². The summed E-state index contributed by atoms with van der Waals surface area (Å²) in [6.07, 6.45) is -1.66. The second kappa shape index (κ2) is 7.33. The van der Waals surface area contributed by atoms with Gasteiger partial charge in [-0.1, -0.05) is 31.0 Å². The number of nitrogen functional groups attached to an aromatic ring is 1. The molecule has 3 N–H and O–H groups in total. The van der Waals surface area contributed by atoms with Crippen LogP contribution in [0.1, 0.15) is 42.2 Å². The summed E-state index contributed by atoms with van der Waals surface area (Å²) < 4.78 is 39.3. The van der Waals surface area contributed by atoms with E-state index in [2.05, 4.69) is 15.6 Å². The lowest BCUT2D eigenvalue weighted by molar-refractivity contribution is -0.137. The van der Waals surface area contributed by atoms with Crippen LogP contribution in [0.25, 0.3) is 5.69 Å². The molecule has 0 saturated heterocycles. The zero-order valence-electron chi connectivity index (χ0n) is 13.1. The maximum Gasteiger partial charge on any atom is 0.416 e. The standard InChI is InChI=1S/C15H18F3N5O/c1-2-3-4-8-20-14(24)12-13(19)23(22-21-12)11-7-5-6-10(9-11)15(16,17)18/h5-7,9H,2-4,8,19H2,1H3,(H,20,24). The van der Waals surface area contributed by atoms with E-state index >= 15 is 0 Å². The maximum atomic E-state index is 12.8. The van der Waals surface area contributed by atoms with Crippen molar-refractivity contribution in [1.29, 1.82) is 0 Å². The zero-order chi connectivity index (χ0) is 17.7. The summed E-state index contributed by atoms with van der Waals surface area (Å²) in [6.45, 7) is 2.52. The van der Waals surface area contributed by atoms with E-state index in [0.717, 1.165) is 36.1 Å². The van der Waals surface area contributed by atoms with Crippen molar-refractivity contribution in [3.8, 4) is 5.69 Å². The third kappa shape index (κ3) is 4.03. The van der Waals surface area contributed by atoms with Crippen molar-refractivity contribution in [1.82, 2.24) is 20.3 Å². The van der Waals surface area contributed by atoms with Gasteiger partial charge in [0.25, 0.3) is 5.91 Å². The molecule has 0 fully saturated rings. The van der Waals surface area contributed by atoms with E-state index in [0.29, 0.717) is 6.54 Å². The fraction of sp³-hybridized carbons (Fsp3) is 0.400. The summed E-state index contributed by atoms with van der Waals surface area (Å²) in [4.78, 5) is 12.0. The molecule has 9 heteroatoms. The van der Waals surface area contributed by atoms with Gasteiger partial charge in [0.2, 0.25) is 0 Å². The molecule has 1 aromatic carbocycles. The van der Waals surface area contributed by atoms with Crippen LogP contribution < -0.4 is 11.1 Å². The molecule has 130 valence electrons. The molecule has 0 radical (unpaired) electrons. The molecule has 0 saturated carbocycles. The molecule has 1 amide bonds. The van der Waals surface area contributed by atoms with Crippen LogP contribution in [0.5, 0.6) is 0 Å². The van der Waals surface area contributed by atoms with Gasteiger partial charge in [-0.05, 0) is 24.6 Å². The largest absolute Gasteiger partial charge is 0.416 e. The van der Waals surface area contributed by atoms with Crippen LogP contribution in [0.3, 0.4) is 0 Å². The number of anilines is 1. The Hall–Kier alpha value is -2.58. The van der Waals surface area contributed by atoms with Crippen LogP contribution in [0.4, 0.5) is 19.0 Å². The predicted octanol–water partition coefficient (Wildman–Crippen LogP) is 2.79. The van der Waals surface area contributed by atoms with Gasteiger partial charge < -0.3 is 11.1 Å². The zero-order valence-corrected chi connectivity index (χ0v) is 13.1. The number of carbonyl (C=O) groups excluding carboxylic acids is 1. The Morgan fingerprint density at radius 2 is 2.08 bits per heavy atom. The number of rotatable bonds is 6. The van der Waals surface area contributed by atoms with Gasteiger partial charge in [-0.2, -0.15) is 17.9 Å². The monoisotopic (exact) mass is 341 g/mol. The number of nitrogens with one attached hydrogen (secondary N) is 1. The van der Waals surface area contributed by atoms with Crippen LogP contribution in [0.15, 0.2) is 24.3 Å². The highest BCUT2D eigenvalue weighted by atomic mass is 19.4. The van der Waals surface area contributed by atoms with Gasteiger partial charge in [0.1, 0.15) is 0 Å². The maximum absolute atomic E-state index is 12.8. The summed E-state index contributed by atoms with van der Waals surface area (Å²) in [6, 6.07) is 4.49. The van der Waals surface area contributed by atoms with Crippen molar-refractivity contribution in [2.75, 3.05) is 12.3 Å². The van der Waals surface area contributed by atoms with E-state index in [1.54, 1.807) is 0 Å². The first kappa shape index (κ1) is 17.8. The van der Waals surface area contributed by atoms with Gasteiger partial charge in [0.05, 0.1) is 11.3 Å². The van der Waals surface area contributed by atoms with E-state index in [1.165, 1.54) is 12.1 Å². The number of hydrogen-bond donors (Lipinski definition) is 2. The third-order valence-corrected chi connectivity index (χ3v) is 3.40. The summed E-state index contributed by atoms with van der Waals surface area (Å²) >= 11 is 0. The van der Waals surface area contributed by atoms with E-state index in [-0.39, 0.29) is 17.2 Å². The molecule has 0 bridgehead atoms. The average Bonchev–Trinajstić information content (AvgIpc) is 2.92. The Kier molecular flexibility index (Phi) is 5.42. The number of carbonyl (C=O) groups is 1. The van der Waals surface area contributed by atoms with E-state index < -0.39 is 17.6 Å². The number of unbranched alkanes of at least 4 members (excludes halogenated alkanes) is 2. The molecule has 1 aromatic heterocycles. The van der Waals surface area contributed by atoms with Crippen LogP contribution in [0.2, 0.25) is 0 Å². The summed E-state index contributed by atoms with van der Waals surface area (Å²) in [5, 5.41) is 10.0. The van der Waals surface area contributed by atoms with Gasteiger partial charge in [-0.25, -0.2) is 0 Å². The number of aromatic nitrogens is 3. The lowest BCUT2D eigenvalue weighted by Gasteiger charge is -2.09. The molecule has 2 aromatic rings. The summed E-state index contributed by atoms with van der Waals surface area (Å²) in [5.74, 6) is -0.607. The summed E-state index contributed by atoms with van der Waals surface area (Å²) in [5.41, 5.74) is 4.96. The smallest absolute Gasteiger partial charge is 0.382 e. The molecule has 0 aliphatic heterocycles. The lowest BCUT2D eigenvalue weighted by Crippen LogP contribution is -2.25. The quantitative estimate of drug-likeness (QED) is 0.791. The van der Waals surface area contributed by atoms with Crippen molar-refractivity contribution < 1.29 is 18.0 Å². The molecule has 0 aliphatic carbocycles. The molecule has 6 nitrogen and oxygen atoms in total. The van der Waals surface area contributed by atoms with E-state index in [4.69, 9.17) is 5.73 Å². The molecule has 0 atom stereocenters. The molecule has 2 rings (SSSR count). The van der Waals surface area contributed by atoms with Crippen molar-refractivity contribution >= 4 is 11.7 Å². The van der Waals surface area contributed by atoms with Crippen LogP contribution >= 0.6 is 0 Å². The van der Waals surface area contributed by atoms with Crippen LogP contribution in [0, 0.1) is 0 Å². The Labute approximate surface area is 136 Å². The molecule has 0 aliphatic rings. The first-order valence-corrected chi connectivity index (χ1v) is 7.51. The van der Waals surface area contributed by atoms with Crippen LogP contribution in [-0.4, -0.2) is 27.4 Å². The Balaban J connectivity index is 2.19. The van der Waals surface area contributed by atoms with Crippen molar-refractivity contribution in [2.45, 2.75) is 32.4 Å². The predicted molar refractivity (Wildman–Crippen MR) is 82.6 cm³/mol. The fourth-order valence-electron chi connectivity index (χ4n) is 2.12. The Bertz CT molecular complexity index is 711. The van der Waals surface area contributed by atoms with Crippen molar-refractivity contribution in [3.63, 3.8) is 0 Å². The van der Waals surface area contributed by atoms with Crippen molar-refractivity contribution in [2.24, 2.45) is 0 Å². The molecule has 0 spiro atoms. The molecule has 24 heavy (non-hydrogen) atoms. The molecule has 0 unspecified atom stereocenters. The minimum Gasteiger partial charge on any atom is -0.382 e. The van der Waals surface area contributed by atoms with Gasteiger partial charge in [-0.15, -0.1) is 5.10 Å². The number of amides is 1. The minimum absolute atomic E-state index is 0.0832. The number of nitrogens with zero attached hydrogens (tertiary/aromatic N) is 3. The number of hydrogen-bond acceptors (Lipinski definition) is 4. The topological polar surface area (TPSA) is 85.8 Å². The SMILES string of the molecule is CCCCCNC(=O)c1nnn(-c2cccc(C(F)(F)F)c2)c1N. The normalized spacial score (nSPS) is 11.5. The Morgan fingerprint density at radius 3 is 2.75 bits per heavy atom. The van der Waals surface area contributed by atoms with E-state index in [1.807, 2.05) is 6.92 Å². The highest BCUT2D eigenvalue weighted by molar-refractivity contribution is 5.96. The van der Waals surface area contributed by atoms with Gasteiger partial charge in [0.15, 0.2) is 11.5 Å². The van der Waals surface area contributed by atoms with E-state index in [9.17, 15) is 18.0 Å². The second-order valence-corrected chi connectivity index (χ2v) is 5.25. The molecular formula is C15H18F3N5O. The summed E-state index contributed by atoms with van der Waals surface area (Å²) in [7, 11) is 0.